The number of hydrogen-bond acceptors (Lipinski definition) is 5. The van der Waals surface area contributed by atoms with Crippen molar-refractivity contribution in [1.29, 1.82) is 0 Å². The minimum Gasteiger partial charge on any atom is -0.384 e. The standard InChI is InChI=1S/C21H34N4O2.2ClH/c1-27-18-21(8-10-22-11-9-21)17-23-20(26)7-12-24-13-15-25(16-14-24)19-5-3-2-4-6-19;;/h2-6,22H,7-18H2,1H3,(H,23,26);2*1H. The summed E-state index contributed by atoms with van der Waals surface area (Å²) in [7, 11) is 1.75. The molecular formula is C21H36Cl2N4O2. The van der Waals surface area contributed by atoms with Gasteiger partial charge in [-0.1, -0.05) is 18.2 Å². The van der Waals surface area contributed by atoms with E-state index in [1.54, 1.807) is 7.11 Å². The molecule has 2 heterocycles. The van der Waals surface area contributed by atoms with Gasteiger partial charge in [-0.15, -0.1) is 24.8 Å². The second-order valence-corrected chi connectivity index (χ2v) is 7.87. The molecule has 0 unspecified atom stereocenters. The topological polar surface area (TPSA) is 56.8 Å². The second kappa shape index (κ2) is 13.3. The largest absolute Gasteiger partial charge is 0.384 e. The number of piperidine rings is 1. The number of para-hydroxylation sites is 1. The van der Waals surface area contributed by atoms with Gasteiger partial charge in [0, 0.05) is 63.9 Å². The maximum atomic E-state index is 12.4. The van der Waals surface area contributed by atoms with E-state index in [1.807, 2.05) is 0 Å². The number of nitrogens with zero attached hydrogens (tertiary/aromatic N) is 2. The molecule has 166 valence electrons. The minimum absolute atomic E-state index is 0. The van der Waals surface area contributed by atoms with E-state index in [2.05, 4.69) is 50.8 Å². The van der Waals surface area contributed by atoms with Gasteiger partial charge in [0.25, 0.3) is 0 Å². The molecule has 0 aromatic heterocycles. The van der Waals surface area contributed by atoms with E-state index in [-0.39, 0.29) is 36.1 Å². The number of carbonyl (C=O) groups is 1. The zero-order chi connectivity index (χ0) is 19.0. The Hall–Kier alpha value is -1.05. The number of amides is 1. The maximum absolute atomic E-state index is 12.4. The summed E-state index contributed by atoms with van der Waals surface area (Å²) in [6.45, 7) is 8.37. The third-order valence-electron chi connectivity index (χ3n) is 5.92. The van der Waals surface area contributed by atoms with E-state index in [0.717, 1.165) is 71.8 Å². The van der Waals surface area contributed by atoms with Crippen LogP contribution in [-0.2, 0) is 9.53 Å². The van der Waals surface area contributed by atoms with Gasteiger partial charge in [0.1, 0.15) is 0 Å². The Labute approximate surface area is 187 Å². The molecule has 2 saturated heterocycles. The smallest absolute Gasteiger partial charge is 0.221 e. The highest BCUT2D eigenvalue weighted by atomic mass is 35.5. The highest BCUT2D eigenvalue weighted by Crippen LogP contribution is 2.28. The molecule has 0 radical (unpaired) electrons. The first-order valence-corrected chi connectivity index (χ1v) is 10.2. The third-order valence-corrected chi connectivity index (χ3v) is 5.92. The number of nitrogens with one attached hydrogen (secondary N) is 2. The number of ether oxygens (including phenoxy) is 1. The number of anilines is 1. The van der Waals surface area contributed by atoms with Crippen molar-refractivity contribution in [1.82, 2.24) is 15.5 Å². The molecule has 2 aliphatic heterocycles. The van der Waals surface area contributed by atoms with E-state index in [1.165, 1.54) is 5.69 Å². The zero-order valence-corrected chi connectivity index (χ0v) is 19.0. The van der Waals surface area contributed by atoms with Crippen LogP contribution in [0.5, 0.6) is 0 Å². The fraction of sp³-hybridized carbons (Fsp3) is 0.667. The molecular weight excluding hydrogens is 411 g/mol. The van der Waals surface area contributed by atoms with Gasteiger partial charge in [-0.2, -0.15) is 0 Å². The van der Waals surface area contributed by atoms with Crippen molar-refractivity contribution in [2.75, 3.05) is 71.0 Å². The van der Waals surface area contributed by atoms with Gasteiger partial charge in [-0.25, -0.2) is 0 Å². The van der Waals surface area contributed by atoms with Crippen LogP contribution in [0.25, 0.3) is 0 Å². The Kier molecular flexibility index (Phi) is 11.9. The number of rotatable bonds is 8. The van der Waals surface area contributed by atoms with Crippen LogP contribution in [0.4, 0.5) is 5.69 Å². The predicted octanol–water partition coefficient (Wildman–Crippen LogP) is 2.17. The summed E-state index contributed by atoms with van der Waals surface area (Å²) in [6, 6.07) is 10.6. The molecule has 0 saturated carbocycles. The average molecular weight is 447 g/mol. The second-order valence-electron chi connectivity index (χ2n) is 7.87. The summed E-state index contributed by atoms with van der Waals surface area (Å²) < 4.78 is 5.43. The Morgan fingerprint density at radius 2 is 1.76 bits per heavy atom. The van der Waals surface area contributed by atoms with E-state index in [4.69, 9.17) is 4.74 Å². The number of hydrogen-bond donors (Lipinski definition) is 2. The first-order chi connectivity index (χ1) is 13.2. The first kappa shape index (κ1) is 26.0. The SMILES string of the molecule is COCC1(CNC(=O)CCN2CCN(c3ccccc3)CC2)CCNCC1.Cl.Cl. The summed E-state index contributed by atoms with van der Waals surface area (Å²) in [4.78, 5) is 17.2. The molecule has 2 aliphatic rings. The highest BCUT2D eigenvalue weighted by molar-refractivity contribution is 5.85. The number of methoxy groups -OCH3 is 1. The lowest BCUT2D eigenvalue weighted by atomic mass is 9.79. The van der Waals surface area contributed by atoms with E-state index in [0.29, 0.717) is 6.42 Å². The number of halogens is 2. The Bertz CT molecular complexity index is 572. The quantitative estimate of drug-likeness (QED) is 0.640. The normalized spacial score (nSPS) is 19.0. The maximum Gasteiger partial charge on any atom is 0.221 e. The van der Waals surface area contributed by atoms with Crippen molar-refractivity contribution >= 4 is 36.4 Å². The fourth-order valence-corrected chi connectivity index (χ4v) is 4.14. The molecule has 1 aromatic rings. The lowest BCUT2D eigenvalue weighted by Gasteiger charge is -2.37. The molecule has 0 bridgehead atoms. The fourth-order valence-electron chi connectivity index (χ4n) is 4.14. The summed E-state index contributed by atoms with van der Waals surface area (Å²) >= 11 is 0. The molecule has 29 heavy (non-hydrogen) atoms. The summed E-state index contributed by atoms with van der Waals surface area (Å²) in [5.41, 5.74) is 1.39. The molecule has 0 spiro atoms. The molecule has 2 N–H and O–H groups in total. The summed E-state index contributed by atoms with van der Waals surface area (Å²) in [5, 5.41) is 6.56. The van der Waals surface area contributed by atoms with Gasteiger partial charge in [0.05, 0.1) is 6.61 Å². The highest BCUT2D eigenvalue weighted by Gasteiger charge is 2.32. The summed E-state index contributed by atoms with van der Waals surface area (Å²) in [6.07, 6.45) is 2.69. The monoisotopic (exact) mass is 446 g/mol. The molecule has 0 atom stereocenters. The minimum atomic E-state index is 0. The van der Waals surface area contributed by atoms with Crippen molar-refractivity contribution in [3.63, 3.8) is 0 Å². The van der Waals surface area contributed by atoms with E-state index >= 15 is 0 Å². The van der Waals surface area contributed by atoms with Crippen LogP contribution < -0.4 is 15.5 Å². The van der Waals surface area contributed by atoms with Gasteiger partial charge < -0.3 is 20.3 Å². The van der Waals surface area contributed by atoms with Crippen LogP contribution in [0.1, 0.15) is 19.3 Å². The van der Waals surface area contributed by atoms with Crippen molar-refractivity contribution in [3.05, 3.63) is 30.3 Å². The molecule has 8 heteroatoms. The van der Waals surface area contributed by atoms with Gasteiger partial charge in [-0.05, 0) is 38.1 Å². The molecule has 0 aliphatic carbocycles. The number of piperazine rings is 1. The van der Waals surface area contributed by atoms with Gasteiger partial charge >= 0.3 is 0 Å². The van der Waals surface area contributed by atoms with Gasteiger partial charge in [-0.3, -0.25) is 9.69 Å². The molecule has 3 rings (SSSR count). The van der Waals surface area contributed by atoms with Crippen molar-refractivity contribution in [2.45, 2.75) is 19.3 Å². The first-order valence-electron chi connectivity index (χ1n) is 10.2. The zero-order valence-electron chi connectivity index (χ0n) is 17.4. The lowest BCUT2D eigenvalue weighted by molar-refractivity contribution is -0.122. The molecule has 6 nitrogen and oxygen atoms in total. The average Bonchev–Trinajstić information content (AvgIpc) is 2.73. The van der Waals surface area contributed by atoms with Crippen molar-refractivity contribution in [3.8, 4) is 0 Å². The van der Waals surface area contributed by atoms with Gasteiger partial charge in [0.2, 0.25) is 5.91 Å². The summed E-state index contributed by atoms with van der Waals surface area (Å²) in [5.74, 6) is 0.162. The number of benzene rings is 1. The van der Waals surface area contributed by atoms with E-state index in [9.17, 15) is 4.79 Å². The molecule has 2 fully saturated rings. The Morgan fingerprint density at radius 1 is 1.10 bits per heavy atom. The van der Waals surface area contributed by atoms with E-state index < -0.39 is 0 Å². The predicted molar refractivity (Wildman–Crippen MR) is 124 cm³/mol. The number of carbonyl (C=O) groups excluding carboxylic acids is 1. The van der Waals surface area contributed by atoms with Gasteiger partial charge in [0.15, 0.2) is 0 Å². The molecule has 1 amide bonds. The van der Waals surface area contributed by atoms with Crippen LogP contribution in [0.2, 0.25) is 0 Å². The van der Waals surface area contributed by atoms with Crippen LogP contribution in [0, 0.1) is 5.41 Å². The lowest BCUT2D eigenvalue weighted by Crippen LogP contribution is -2.49. The Balaban J connectivity index is 0.00000210. The molecule has 1 aromatic carbocycles. The van der Waals surface area contributed by atoms with Crippen molar-refractivity contribution in [2.24, 2.45) is 5.41 Å². The van der Waals surface area contributed by atoms with Crippen LogP contribution >= 0.6 is 24.8 Å². The van der Waals surface area contributed by atoms with Crippen LogP contribution in [-0.4, -0.2) is 76.9 Å². The third kappa shape index (κ3) is 7.95. The van der Waals surface area contributed by atoms with Crippen molar-refractivity contribution < 1.29 is 9.53 Å². The van der Waals surface area contributed by atoms with Crippen LogP contribution in [0.15, 0.2) is 30.3 Å². The Morgan fingerprint density at radius 3 is 2.38 bits per heavy atom. The van der Waals surface area contributed by atoms with Crippen LogP contribution in [0.3, 0.4) is 0 Å².